The lowest BCUT2D eigenvalue weighted by molar-refractivity contribution is -0.132. The highest BCUT2D eigenvalue weighted by Gasteiger charge is 2.24. The molecule has 0 spiro atoms. The van der Waals surface area contributed by atoms with Crippen molar-refractivity contribution in [2.45, 2.75) is 58.1 Å². The second kappa shape index (κ2) is 18.6. The zero-order valence-corrected chi connectivity index (χ0v) is 31.3. The van der Waals surface area contributed by atoms with Crippen molar-refractivity contribution in [3.63, 3.8) is 0 Å². The maximum atomic E-state index is 13.7. The first-order valence-electron chi connectivity index (χ1n) is 17.9. The summed E-state index contributed by atoms with van der Waals surface area (Å²) in [5.41, 5.74) is 3.73. The summed E-state index contributed by atoms with van der Waals surface area (Å²) < 4.78 is 12.1. The van der Waals surface area contributed by atoms with E-state index in [1.807, 2.05) is 66.4 Å². The van der Waals surface area contributed by atoms with Crippen molar-refractivity contribution in [1.29, 1.82) is 0 Å². The second-order valence-corrected chi connectivity index (χ2v) is 13.9. The Hall–Kier alpha value is -4.86. The van der Waals surface area contributed by atoms with Crippen molar-refractivity contribution in [3.8, 4) is 11.5 Å². The third-order valence-corrected chi connectivity index (χ3v) is 9.77. The van der Waals surface area contributed by atoms with Crippen LogP contribution >= 0.6 is 11.6 Å². The summed E-state index contributed by atoms with van der Waals surface area (Å²) in [7, 11) is 5.90. The molecule has 0 aromatic heterocycles. The molecule has 52 heavy (non-hydrogen) atoms. The van der Waals surface area contributed by atoms with E-state index in [-0.39, 0.29) is 22.7 Å². The number of nitrogens with one attached hydrogen (secondary N) is 1. The normalized spacial score (nSPS) is 13.2. The van der Waals surface area contributed by atoms with Gasteiger partial charge in [0.2, 0.25) is 5.91 Å². The molecule has 0 saturated carbocycles. The van der Waals surface area contributed by atoms with Gasteiger partial charge in [-0.3, -0.25) is 14.4 Å². The fraction of sp³-hybridized carbons (Fsp3) is 0.357. The average Bonchev–Trinajstić information content (AvgIpc) is 3.16. The molecule has 1 saturated heterocycles. The Morgan fingerprint density at radius 1 is 0.827 bits per heavy atom. The van der Waals surface area contributed by atoms with Crippen LogP contribution in [-0.2, 0) is 11.4 Å². The SMILES string of the molecule is Cc1ccc(N(C)C(=O)c2ccc(NC(=O)c3ccccc3OCc3ccccc3)c(Cl)c2)c(OCCCCCC(=O)N2CCC(N(C)C)CC2)c1. The van der Waals surface area contributed by atoms with Crippen LogP contribution in [0, 0.1) is 6.92 Å². The number of piperidine rings is 1. The molecule has 0 radical (unpaired) electrons. The molecule has 4 aromatic carbocycles. The summed E-state index contributed by atoms with van der Waals surface area (Å²) in [4.78, 5) is 45.4. The molecule has 1 heterocycles. The van der Waals surface area contributed by atoms with Gasteiger partial charge in [-0.25, -0.2) is 0 Å². The van der Waals surface area contributed by atoms with Crippen molar-refractivity contribution < 1.29 is 23.9 Å². The van der Waals surface area contributed by atoms with Crippen LogP contribution in [0.4, 0.5) is 11.4 Å². The van der Waals surface area contributed by atoms with Gasteiger partial charge in [0.1, 0.15) is 18.1 Å². The predicted octanol–water partition coefficient (Wildman–Crippen LogP) is 8.25. The number of hydrogen-bond acceptors (Lipinski definition) is 6. The number of hydrogen-bond donors (Lipinski definition) is 1. The Morgan fingerprint density at radius 2 is 1.56 bits per heavy atom. The zero-order valence-electron chi connectivity index (χ0n) is 30.6. The van der Waals surface area contributed by atoms with Crippen LogP contribution < -0.4 is 19.7 Å². The summed E-state index contributed by atoms with van der Waals surface area (Å²) >= 11 is 6.61. The number of aryl methyl sites for hydroxylation is 1. The smallest absolute Gasteiger partial charge is 0.259 e. The maximum absolute atomic E-state index is 13.7. The van der Waals surface area contributed by atoms with Crippen molar-refractivity contribution in [3.05, 3.63) is 118 Å². The van der Waals surface area contributed by atoms with Crippen LogP contribution in [0.25, 0.3) is 0 Å². The van der Waals surface area contributed by atoms with Crippen molar-refractivity contribution in [1.82, 2.24) is 9.80 Å². The van der Waals surface area contributed by atoms with E-state index >= 15 is 0 Å². The Kier molecular flexibility index (Phi) is 13.7. The van der Waals surface area contributed by atoms with Gasteiger partial charge in [-0.2, -0.15) is 0 Å². The van der Waals surface area contributed by atoms with Gasteiger partial charge in [-0.1, -0.05) is 60.1 Å². The van der Waals surface area contributed by atoms with Crippen LogP contribution in [0.15, 0.2) is 91.0 Å². The van der Waals surface area contributed by atoms with Crippen LogP contribution in [0.3, 0.4) is 0 Å². The molecule has 0 bridgehead atoms. The van der Waals surface area contributed by atoms with Gasteiger partial charge in [-0.05, 0) is 107 Å². The van der Waals surface area contributed by atoms with Gasteiger partial charge < -0.3 is 29.5 Å². The minimum Gasteiger partial charge on any atom is -0.491 e. The molecule has 10 heteroatoms. The molecule has 1 N–H and O–H groups in total. The van der Waals surface area contributed by atoms with Crippen molar-refractivity contribution in [2.24, 2.45) is 0 Å². The van der Waals surface area contributed by atoms with E-state index in [1.165, 1.54) is 4.90 Å². The van der Waals surface area contributed by atoms with E-state index in [0.717, 1.165) is 56.3 Å². The number of amides is 3. The molecule has 0 aliphatic carbocycles. The third-order valence-electron chi connectivity index (χ3n) is 9.45. The molecule has 0 unspecified atom stereocenters. The molecule has 5 rings (SSSR count). The van der Waals surface area contributed by atoms with Crippen molar-refractivity contribution in [2.75, 3.05) is 51.1 Å². The standard InChI is InChI=1S/C42H49ClN4O5/c1-30-18-21-37(39(27-30)51-26-12-6-9-17-40(48)47-24-22-33(23-25-47)45(2)3)46(4)42(50)32-19-20-36(35(43)28-32)44-41(49)34-15-10-11-16-38(34)52-29-31-13-7-5-8-14-31/h5,7-8,10-11,13-16,18-21,27-28,33H,6,9,12,17,22-26,29H2,1-4H3,(H,44,49). The van der Waals surface area contributed by atoms with Crippen LogP contribution in [-0.4, -0.2) is 74.4 Å². The van der Waals surface area contributed by atoms with Crippen molar-refractivity contribution >= 4 is 40.7 Å². The molecule has 1 aliphatic rings. The Morgan fingerprint density at radius 3 is 2.29 bits per heavy atom. The van der Waals surface area contributed by atoms with E-state index in [9.17, 15) is 14.4 Å². The Balaban J connectivity index is 1.13. The molecular formula is C42H49ClN4O5. The lowest BCUT2D eigenvalue weighted by Gasteiger charge is -2.35. The van der Waals surface area contributed by atoms with Gasteiger partial charge in [-0.15, -0.1) is 0 Å². The summed E-state index contributed by atoms with van der Waals surface area (Å²) in [5.74, 6) is 0.644. The maximum Gasteiger partial charge on any atom is 0.259 e. The fourth-order valence-electron chi connectivity index (χ4n) is 6.30. The largest absolute Gasteiger partial charge is 0.491 e. The molecule has 9 nitrogen and oxygen atoms in total. The highest BCUT2D eigenvalue weighted by atomic mass is 35.5. The monoisotopic (exact) mass is 724 g/mol. The number of likely N-dealkylation sites (tertiary alicyclic amines) is 1. The Labute approximate surface area is 312 Å². The quantitative estimate of drug-likeness (QED) is 0.124. The lowest BCUT2D eigenvalue weighted by Crippen LogP contribution is -2.44. The number of nitrogens with zero attached hydrogens (tertiary/aromatic N) is 3. The molecule has 4 aromatic rings. The summed E-state index contributed by atoms with van der Waals surface area (Å²) in [6.07, 6.45) is 5.11. The fourth-order valence-corrected chi connectivity index (χ4v) is 6.53. The molecule has 3 amide bonds. The first-order chi connectivity index (χ1) is 25.1. The number of benzene rings is 4. The summed E-state index contributed by atoms with van der Waals surface area (Å²) in [6.45, 7) is 4.44. The Bertz CT molecular complexity index is 1820. The average molecular weight is 725 g/mol. The summed E-state index contributed by atoms with van der Waals surface area (Å²) in [6, 6.07) is 27.8. The van der Waals surface area contributed by atoms with E-state index < -0.39 is 0 Å². The number of carbonyl (C=O) groups is 3. The number of halogens is 1. The summed E-state index contributed by atoms with van der Waals surface area (Å²) in [5, 5.41) is 3.08. The van der Waals surface area contributed by atoms with E-state index in [4.69, 9.17) is 21.1 Å². The first-order valence-corrected chi connectivity index (χ1v) is 18.3. The van der Waals surface area contributed by atoms with Crippen LogP contribution in [0.2, 0.25) is 5.02 Å². The highest BCUT2D eigenvalue weighted by Crippen LogP contribution is 2.32. The number of para-hydroxylation sites is 1. The zero-order chi connectivity index (χ0) is 37.0. The molecule has 1 fully saturated rings. The number of ether oxygens (including phenoxy) is 2. The van der Waals surface area contributed by atoms with Gasteiger partial charge in [0.05, 0.1) is 28.6 Å². The number of anilines is 2. The topological polar surface area (TPSA) is 91.4 Å². The first kappa shape index (κ1) is 38.4. The minimum atomic E-state index is -0.380. The number of unbranched alkanes of at least 4 members (excludes halogenated alkanes) is 2. The highest BCUT2D eigenvalue weighted by molar-refractivity contribution is 6.34. The molecule has 0 atom stereocenters. The number of rotatable bonds is 15. The van der Waals surface area contributed by atoms with Gasteiger partial charge in [0.15, 0.2) is 0 Å². The molecule has 274 valence electrons. The van der Waals surface area contributed by atoms with Crippen LogP contribution in [0.1, 0.15) is 70.4 Å². The van der Waals surface area contributed by atoms with Gasteiger partial charge in [0, 0.05) is 38.2 Å². The molecular weight excluding hydrogens is 676 g/mol. The van der Waals surface area contributed by atoms with E-state index in [2.05, 4.69) is 24.3 Å². The number of carbonyl (C=O) groups excluding carboxylic acids is 3. The van der Waals surface area contributed by atoms with E-state index in [0.29, 0.717) is 59.7 Å². The lowest BCUT2D eigenvalue weighted by atomic mass is 10.0. The minimum absolute atomic E-state index is 0.229. The van der Waals surface area contributed by atoms with E-state index in [1.54, 1.807) is 43.4 Å². The second-order valence-electron chi connectivity index (χ2n) is 13.5. The van der Waals surface area contributed by atoms with Gasteiger partial charge >= 0.3 is 0 Å². The molecule has 1 aliphatic heterocycles. The van der Waals surface area contributed by atoms with Gasteiger partial charge in [0.25, 0.3) is 11.8 Å². The van der Waals surface area contributed by atoms with Crippen LogP contribution in [0.5, 0.6) is 11.5 Å². The predicted molar refractivity (Wildman–Crippen MR) is 208 cm³/mol. The third kappa shape index (κ3) is 10.4.